The van der Waals surface area contributed by atoms with E-state index in [-0.39, 0.29) is 0 Å². The molecule has 7 aromatic carbocycles. The van der Waals surface area contributed by atoms with Gasteiger partial charge in [-0.3, -0.25) is 9.97 Å². The van der Waals surface area contributed by atoms with Gasteiger partial charge < -0.3 is 9.13 Å². The third-order valence-corrected chi connectivity index (χ3v) is 11.7. The summed E-state index contributed by atoms with van der Waals surface area (Å²) in [6, 6.07) is 69.2. The monoisotopic (exact) mass is 793 g/mol. The Hall–Kier alpha value is -8.55. The second kappa shape index (κ2) is 14.6. The van der Waals surface area contributed by atoms with E-state index in [1.807, 2.05) is 54.9 Å². The van der Waals surface area contributed by atoms with E-state index in [0.29, 0.717) is 17.5 Å². The van der Waals surface area contributed by atoms with Gasteiger partial charge in [0, 0.05) is 61.8 Å². The number of fused-ring (bicyclic) bond motifs is 6. The summed E-state index contributed by atoms with van der Waals surface area (Å²) in [5.41, 5.74) is 12.4. The number of rotatable bonds is 7. The molecular formula is C55H35N7. The van der Waals surface area contributed by atoms with E-state index < -0.39 is 0 Å². The molecule has 62 heavy (non-hydrogen) atoms. The van der Waals surface area contributed by atoms with Crippen LogP contribution in [-0.4, -0.2) is 34.1 Å². The molecule has 12 aromatic rings. The van der Waals surface area contributed by atoms with Crippen molar-refractivity contribution >= 4 is 43.6 Å². The van der Waals surface area contributed by atoms with Crippen LogP contribution in [0.15, 0.2) is 213 Å². The van der Waals surface area contributed by atoms with Crippen molar-refractivity contribution in [3.05, 3.63) is 213 Å². The van der Waals surface area contributed by atoms with Gasteiger partial charge in [0.25, 0.3) is 0 Å². The Balaban J connectivity index is 1.21. The van der Waals surface area contributed by atoms with Crippen LogP contribution in [-0.2, 0) is 0 Å². The van der Waals surface area contributed by atoms with Gasteiger partial charge in [0.2, 0.25) is 0 Å². The normalized spacial score (nSPS) is 11.5. The van der Waals surface area contributed by atoms with Crippen LogP contribution in [0.3, 0.4) is 0 Å². The first-order valence-electron chi connectivity index (χ1n) is 20.7. The van der Waals surface area contributed by atoms with Crippen LogP contribution in [0, 0.1) is 0 Å². The van der Waals surface area contributed by atoms with Crippen molar-refractivity contribution in [3.8, 4) is 68.1 Å². The fourth-order valence-electron chi connectivity index (χ4n) is 9.05. The van der Waals surface area contributed by atoms with Gasteiger partial charge in [-0.05, 0) is 60.7 Å². The summed E-state index contributed by atoms with van der Waals surface area (Å²) in [6.07, 6.45) is 3.69. The Morgan fingerprint density at radius 3 is 1.03 bits per heavy atom. The molecule has 0 N–H and O–H groups in total. The first kappa shape index (κ1) is 35.4. The summed E-state index contributed by atoms with van der Waals surface area (Å²) in [4.78, 5) is 26.1. The van der Waals surface area contributed by atoms with Crippen molar-refractivity contribution in [1.29, 1.82) is 0 Å². The fourth-order valence-corrected chi connectivity index (χ4v) is 9.05. The maximum atomic E-state index is 5.54. The van der Waals surface area contributed by atoms with Crippen molar-refractivity contribution < 1.29 is 0 Å². The summed E-state index contributed by atoms with van der Waals surface area (Å²) in [6.45, 7) is 0. The molecule has 5 aromatic heterocycles. The minimum atomic E-state index is 0.542. The molecule has 7 heteroatoms. The topological polar surface area (TPSA) is 74.3 Å². The second-order valence-corrected chi connectivity index (χ2v) is 15.2. The molecule has 0 bridgehead atoms. The highest BCUT2D eigenvalue weighted by atomic mass is 15.1. The van der Waals surface area contributed by atoms with Crippen molar-refractivity contribution in [2.45, 2.75) is 0 Å². The molecule has 0 amide bonds. The first-order chi connectivity index (χ1) is 30.8. The zero-order chi connectivity index (χ0) is 41.0. The summed E-state index contributed by atoms with van der Waals surface area (Å²) < 4.78 is 4.70. The maximum absolute atomic E-state index is 5.54. The standard InChI is InChI=1S/C55H35N7/c1-2-18-36(19-3-1)53-58-54(43-26-16-24-41(45-28-12-14-34-56-45)51(43)61-47-30-8-4-20-37(47)38-21-5-9-31-48(38)61)60-55(59-53)44-27-17-25-42(46-29-13-15-35-57-46)52(44)62-49-32-10-6-22-39(49)40-23-7-11-33-50(40)62/h1-35H. The molecule has 0 saturated heterocycles. The van der Waals surface area contributed by atoms with Crippen LogP contribution in [0.1, 0.15) is 0 Å². The molecule has 0 aliphatic heterocycles. The van der Waals surface area contributed by atoms with E-state index >= 15 is 0 Å². The zero-order valence-electron chi connectivity index (χ0n) is 33.3. The molecule has 0 spiro atoms. The minimum absolute atomic E-state index is 0.542. The van der Waals surface area contributed by atoms with Gasteiger partial charge in [-0.15, -0.1) is 0 Å². The van der Waals surface area contributed by atoms with E-state index in [2.05, 4.69) is 167 Å². The summed E-state index contributed by atoms with van der Waals surface area (Å²) in [5.74, 6) is 1.65. The third kappa shape index (κ3) is 5.71. The van der Waals surface area contributed by atoms with Crippen LogP contribution in [0.5, 0.6) is 0 Å². The fraction of sp³-hybridized carbons (Fsp3) is 0. The SMILES string of the molecule is c1ccc(-c2nc(-c3cccc(-c4ccccn4)c3-n3c4ccccc4c4ccccc43)nc(-c3cccc(-c4ccccn4)c3-n3c4ccccc4c4ccccc43)n2)cc1. The lowest BCUT2D eigenvalue weighted by Gasteiger charge is -2.20. The molecule has 0 aliphatic rings. The van der Waals surface area contributed by atoms with E-state index in [0.717, 1.165) is 94.2 Å². The number of nitrogens with zero attached hydrogens (tertiary/aromatic N) is 7. The first-order valence-corrected chi connectivity index (χ1v) is 20.7. The number of aromatic nitrogens is 7. The summed E-state index contributed by atoms with van der Waals surface area (Å²) in [7, 11) is 0. The number of para-hydroxylation sites is 6. The Morgan fingerprint density at radius 1 is 0.274 bits per heavy atom. The summed E-state index contributed by atoms with van der Waals surface area (Å²) >= 11 is 0. The third-order valence-electron chi connectivity index (χ3n) is 11.7. The number of pyridine rings is 2. The average molecular weight is 794 g/mol. The predicted molar refractivity (Wildman–Crippen MR) is 251 cm³/mol. The van der Waals surface area contributed by atoms with E-state index in [1.165, 1.54) is 0 Å². The Bertz CT molecular complexity index is 3310. The average Bonchev–Trinajstić information content (AvgIpc) is 3.87. The Labute approximate surface area is 356 Å². The lowest BCUT2D eigenvalue weighted by molar-refractivity contribution is 1.06. The largest absolute Gasteiger partial charge is 0.308 e. The Kier molecular flexibility index (Phi) is 8.35. The maximum Gasteiger partial charge on any atom is 0.166 e. The van der Waals surface area contributed by atoms with Crippen LogP contribution in [0.2, 0.25) is 0 Å². The highest BCUT2D eigenvalue weighted by Crippen LogP contribution is 2.43. The van der Waals surface area contributed by atoms with Gasteiger partial charge in [-0.1, -0.05) is 140 Å². The van der Waals surface area contributed by atoms with E-state index in [9.17, 15) is 0 Å². The number of hydrogen-bond acceptors (Lipinski definition) is 5. The van der Waals surface area contributed by atoms with Gasteiger partial charge in [0.1, 0.15) is 0 Å². The van der Waals surface area contributed by atoms with Crippen LogP contribution in [0.4, 0.5) is 0 Å². The van der Waals surface area contributed by atoms with Gasteiger partial charge >= 0.3 is 0 Å². The zero-order valence-corrected chi connectivity index (χ0v) is 33.3. The van der Waals surface area contributed by atoms with Gasteiger partial charge in [0.15, 0.2) is 17.5 Å². The lowest BCUT2D eigenvalue weighted by atomic mass is 10.0. The van der Waals surface area contributed by atoms with Crippen LogP contribution < -0.4 is 0 Å². The van der Waals surface area contributed by atoms with Gasteiger partial charge in [-0.2, -0.15) is 0 Å². The van der Waals surface area contributed by atoms with Gasteiger partial charge in [-0.25, -0.2) is 15.0 Å². The van der Waals surface area contributed by atoms with Gasteiger partial charge in [0.05, 0.1) is 44.8 Å². The molecule has 0 fully saturated rings. The molecule has 0 atom stereocenters. The van der Waals surface area contributed by atoms with Crippen molar-refractivity contribution in [1.82, 2.24) is 34.1 Å². The predicted octanol–water partition coefficient (Wildman–Crippen LogP) is 13.2. The highest BCUT2D eigenvalue weighted by molar-refractivity contribution is 6.11. The Morgan fingerprint density at radius 2 is 0.629 bits per heavy atom. The number of benzene rings is 7. The van der Waals surface area contributed by atoms with E-state index in [1.54, 1.807) is 0 Å². The second-order valence-electron chi connectivity index (χ2n) is 15.2. The summed E-state index contributed by atoms with van der Waals surface area (Å²) in [5, 5.41) is 4.64. The molecule has 12 rings (SSSR count). The molecule has 5 heterocycles. The van der Waals surface area contributed by atoms with E-state index in [4.69, 9.17) is 24.9 Å². The van der Waals surface area contributed by atoms with Crippen LogP contribution in [0.25, 0.3) is 112 Å². The lowest BCUT2D eigenvalue weighted by Crippen LogP contribution is -2.07. The highest BCUT2D eigenvalue weighted by Gasteiger charge is 2.25. The van der Waals surface area contributed by atoms with Crippen molar-refractivity contribution in [2.24, 2.45) is 0 Å². The minimum Gasteiger partial charge on any atom is -0.308 e. The molecule has 290 valence electrons. The van der Waals surface area contributed by atoms with Crippen molar-refractivity contribution in [3.63, 3.8) is 0 Å². The molecule has 0 saturated carbocycles. The molecular weight excluding hydrogens is 759 g/mol. The number of hydrogen-bond donors (Lipinski definition) is 0. The smallest absolute Gasteiger partial charge is 0.166 e. The van der Waals surface area contributed by atoms with Crippen molar-refractivity contribution in [2.75, 3.05) is 0 Å². The van der Waals surface area contributed by atoms with Crippen LogP contribution >= 0.6 is 0 Å². The molecule has 0 aliphatic carbocycles. The quantitative estimate of drug-likeness (QED) is 0.161. The molecule has 0 radical (unpaired) electrons. The molecule has 0 unspecified atom stereocenters. The molecule has 7 nitrogen and oxygen atoms in total.